The fraction of sp³-hybridized carbons (Fsp3) is 0.538. The Hall–Kier alpha value is -1.23. The highest BCUT2D eigenvalue weighted by Crippen LogP contribution is 2.40. The van der Waals surface area contributed by atoms with E-state index in [0.717, 1.165) is 38.7 Å². The van der Waals surface area contributed by atoms with Gasteiger partial charge in [0.15, 0.2) is 0 Å². The molecule has 2 saturated heterocycles. The second-order valence-corrected chi connectivity index (χ2v) is 5.33. The van der Waals surface area contributed by atoms with Gasteiger partial charge in [-0.2, -0.15) is 13.2 Å². The highest BCUT2D eigenvalue weighted by Gasteiger charge is 2.45. The Morgan fingerprint density at radius 3 is 2.61 bits per heavy atom. The predicted molar refractivity (Wildman–Crippen MR) is 63.6 cm³/mol. The third-order valence-corrected chi connectivity index (χ3v) is 3.92. The maximum atomic E-state index is 12.6. The Balaban J connectivity index is 1.74. The lowest BCUT2D eigenvalue weighted by Crippen LogP contribution is -2.57. The third kappa shape index (κ3) is 1.96. The molecular weight excluding hydrogens is 241 g/mol. The summed E-state index contributed by atoms with van der Waals surface area (Å²) in [5, 5.41) is 3.32. The zero-order valence-corrected chi connectivity index (χ0v) is 9.93. The summed E-state index contributed by atoms with van der Waals surface area (Å²) in [5.41, 5.74) is 0.418. The molecule has 1 N–H and O–H groups in total. The summed E-state index contributed by atoms with van der Waals surface area (Å²) < 4.78 is 37.9. The molecule has 1 aromatic carbocycles. The Kier molecular flexibility index (Phi) is 2.55. The van der Waals surface area contributed by atoms with Crippen LogP contribution in [0.4, 0.5) is 18.9 Å². The summed E-state index contributed by atoms with van der Waals surface area (Å²) in [6.45, 7) is 3.74. The van der Waals surface area contributed by atoms with Crippen molar-refractivity contribution >= 4 is 5.69 Å². The van der Waals surface area contributed by atoms with Crippen molar-refractivity contribution in [3.05, 3.63) is 29.8 Å². The van der Waals surface area contributed by atoms with E-state index in [1.165, 1.54) is 12.1 Å². The van der Waals surface area contributed by atoms with Crippen molar-refractivity contribution in [2.45, 2.75) is 12.6 Å². The third-order valence-electron chi connectivity index (χ3n) is 3.92. The minimum atomic E-state index is -4.26. The standard InChI is InChI=1S/C13H15F3N2/c14-13(15,16)10-2-1-3-11(6-10)18-8-12(9-18)4-5-17-7-12/h1-3,6,17H,4-5,7-9H2. The first kappa shape index (κ1) is 11.8. The van der Waals surface area contributed by atoms with Gasteiger partial charge < -0.3 is 10.2 Å². The minimum Gasteiger partial charge on any atom is -0.370 e. The van der Waals surface area contributed by atoms with Crippen molar-refractivity contribution < 1.29 is 13.2 Å². The monoisotopic (exact) mass is 256 g/mol. The molecule has 0 atom stereocenters. The van der Waals surface area contributed by atoms with Gasteiger partial charge in [0.25, 0.3) is 0 Å². The first-order chi connectivity index (χ1) is 8.49. The first-order valence-electron chi connectivity index (χ1n) is 6.12. The topological polar surface area (TPSA) is 15.3 Å². The molecule has 0 bridgehead atoms. The van der Waals surface area contributed by atoms with Gasteiger partial charge in [-0.05, 0) is 31.2 Å². The van der Waals surface area contributed by atoms with Crippen LogP contribution in [0, 0.1) is 5.41 Å². The van der Waals surface area contributed by atoms with E-state index in [1.807, 2.05) is 4.90 Å². The van der Waals surface area contributed by atoms with Gasteiger partial charge in [-0.3, -0.25) is 0 Å². The van der Waals surface area contributed by atoms with E-state index in [1.54, 1.807) is 6.07 Å². The largest absolute Gasteiger partial charge is 0.416 e. The average Bonchev–Trinajstić information content (AvgIpc) is 2.75. The molecule has 2 aliphatic heterocycles. The average molecular weight is 256 g/mol. The van der Waals surface area contributed by atoms with Crippen LogP contribution in [0.5, 0.6) is 0 Å². The number of anilines is 1. The summed E-state index contributed by atoms with van der Waals surface area (Å²) in [6, 6.07) is 5.60. The Morgan fingerprint density at radius 1 is 1.22 bits per heavy atom. The zero-order chi connectivity index (χ0) is 12.8. The smallest absolute Gasteiger partial charge is 0.370 e. The van der Waals surface area contributed by atoms with E-state index < -0.39 is 11.7 Å². The van der Waals surface area contributed by atoms with E-state index in [9.17, 15) is 13.2 Å². The zero-order valence-electron chi connectivity index (χ0n) is 9.93. The summed E-state index contributed by atoms with van der Waals surface area (Å²) >= 11 is 0. The maximum absolute atomic E-state index is 12.6. The van der Waals surface area contributed by atoms with Crippen LogP contribution in [0.3, 0.4) is 0 Å². The SMILES string of the molecule is FC(F)(F)c1cccc(N2CC3(CCNC3)C2)c1. The van der Waals surface area contributed by atoms with E-state index in [-0.39, 0.29) is 0 Å². The van der Waals surface area contributed by atoms with Crippen LogP contribution in [0.1, 0.15) is 12.0 Å². The number of rotatable bonds is 1. The first-order valence-corrected chi connectivity index (χ1v) is 6.12. The Bertz CT molecular complexity index is 442. The Labute approximate surface area is 104 Å². The normalized spacial score (nSPS) is 22.3. The van der Waals surface area contributed by atoms with Gasteiger partial charge in [0.2, 0.25) is 0 Å². The molecule has 18 heavy (non-hydrogen) atoms. The molecule has 0 radical (unpaired) electrons. The van der Waals surface area contributed by atoms with E-state index in [2.05, 4.69) is 5.32 Å². The van der Waals surface area contributed by atoms with Crippen LogP contribution in [0.15, 0.2) is 24.3 Å². The van der Waals surface area contributed by atoms with Crippen LogP contribution in [-0.4, -0.2) is 26.2 Å². The van der Waals surface area contributed by atoms with Crippen LogP contribution < -0.4 is 10.2 Å². The number of hydrogen-bond acceptors (Lipinski definition) is 2. The van der Waals surface area contributed by atoms with Crippen LogP contribution in [-0.2, 0) is 6.18 Å². The van der Waals surface area contributed by atoms with Crippen LogP contribution >= 0.6 is 0 Å². The molecule has 5 heteroatoms. The number of nitrogens with zero attached hydrogens (tertiary/aromatic N) is 1. The quantitative estimate of drug-likeness (QED) is 0.830. The highest BCUT2D eigenvalue weighted by molar-refractivity contribution is 5.52. The van der Waals surface area contributed by atoms with Crippen molar-refractivity contribution in [3.63, 3.8) is 0 Å². The van der Waals surface area contributed by atoms with E-state index in [4.69, 9.17) is 0 Å². The number of hydrogen-bond donors (Lipinski definition) is 1. The molecule has 0 aliphatic carbocycles. The second-order valence-electron chi connectivity index (χ2n) is 5.33. The summed E-state index contributed by atoms with van der Waals surface area (Å²) in [7, 11) is 0. The molecule has 2 nitrogen and oxygen atoms in total. The van der Waals surface area contributed by atoms with E-state index in [0.29, 0.717) is 11.1 Å². The van der Waals surface area contributed by atoms with Gasteiger partial charge in [0.1, 0.15) is 0 Å². The van der Waals surface area contributed by atoms with Crippen LogP contribution in [0.25, 0.3) is 0 Å². The molecule has 2 heterocycles. The van der Waals surface area contributed by atoms with Gasteiger partial charge >= 0.3 is 6.18 Å². The fourth-order valence-electron chi connectivity index (χ4n) is 2.89. The molecule has 0 unspecified atom stereocenters. The molecule has 1 spiro atoms. The Morgan fingerprint density at radius 2 is 2.00 bits per heavy atom. The van der Waals surface area contributed by atoms with Crippen molar-refractivity contribution in [1.82, 2.24) is 5.32 Å². The lowest BCUT2D eigenvalue weighted by atomic mass is 9.79. The van der Waals surface area contributed by atoms with Crippen LogP contribution in [0.2, 0.25) is 0 Å². The molecule has 1 aromatic rings. The summed E-state index contributed by atoms with van der Waals surface area (Å²) in [4.78, 5) is 2.03. The molecule has 98 valence electrons. The molecule has 0 aromatic heterocycles. The lowest BCUT2D eigenvalue weighted by Gasteiger charge is -2.49. The van der Waals surface area contributed by atoms with Gasteiger partial charge in [-0.25, -0.2) is 0 Å². The number of alkyl halides is 3. The minimum absolute atomic E-state index is 0.300. The highest BCUT2D eigenvalue weighted by atomic mass is 19.4. The van der Waals surface area contributed by atoms with Crippen molar-refractivity contribution in [3.8, 4) is 0 Å². The van der Waals surface area contributed by atoms with Gasteiger partial charge in [0.05, 0.1) is 5.56 Å². The summed E-state index contributed by atoms with van der Waals surface area (Å²) in [6.07, 6.45) is -3.13. The number of nitrogens with one attached hydrogen (secondary N) is 1. The van der Waals surface area contributed by atoms with Gasteiger partial charge in [-0.15, -0.1) is 0 Å². The fourth-order valence-corrected chi connectivity index (χ4v) is 2.89. The molecule has 0 saturated carbocycles. The predicted octanol–water partition coefficient (Wildman–Crippen LogP) is 2.51. The maximum Gasteiger partial charge on any atom is 0.416 e. The molecule has 2 aliphatic rings. The number of benzene rings is 1. The number of halogens is 3. The molecule has 0 amide bonds. The molecular formula is C13H15F3N2. The molecule has 3 rings (SSSR count). The molecule has 2 fully saturated rings. The van der Waals surface area contributed by atoms with Gasteiger partial charge in [0, 0.05) is 30.7 Å². The van der Waals surface area contributed by atoms with Crippen molar-refractivity contribution in [1.29, 1.82) is 0 Å². The lowest BCUT2D eigenvalue weighted by molar-refractivity contribution is -0.137. The van der Waals surface area contributed by atoms with Crippen molar-refractivity contribution in [2.24, 2.45) is 5.41 Å². The van der Waals surface area contributed by atoms with E-state index >= 15 is 0 Å². The van der Waals surface area contributed by atoms with Gasteiger partial charge in [-0.1, -0.05) is 6.07 Å². The van der Waals surface area contributed by atoms with Crippen molar-refractivity contribution in [2.75, 3.05) is 31.1 Å². The summed E-state index contributed by atoms with van der Waals surface area (Å²) in [5.74, 6) is 0. The second kappa shape index (κ2) is 3.88.